The van der Waals surface area contributed by atoms with Crippen molar-refractivity contribution in [3.8, 4) is 17.6 Å². The minimum Gasteiger partial charge on any atom is -0.506 e. The fraction of sp³-hybridized carbons (Fsp3) is 0.0370. The van der Waals surface area contributed by atoms with Crippen molar-refractivity contribution < 1.29 is 9.67 Å². The standard InChI is InChI=1S/C27H21O2P/c1-21-19-23(18-17-22-11-5-2-6-12-22)27(28)26(20-21)30(29,24-13-7-3-8-14-24)25-15-9-4-10-16-25/h2-16,19-20,28H,1H3. The Labute approximate surface area is 177 Å². The molecule has 0 aliphatic rings. The largest absolute Gasteiger partial charge is 0.506 e. The number of phenols is 1. The van der Waals surface area contributed by atoms with Gasteiger partial charge in [0.2, 0.25) is 0 Å². The maximum atomic E-state index is 14.6. The summed E-state index contributed by atoms with van der Waals surface area (Å²) in [5.41, 5.74) is 2.22. The molecule has 3 heteroatoms. The smallest absolute Gasteiger partial charge is 0.174 e. The van der Waals surface area contributed by atoms with Crippen molar-refractivity contribution in [3.63, 3.8) is 0 Å². The molecule has 0 unspecified atom stereocenters. The van der Waals surface area contributed by atoms with Crippen molar-refractivity contribution in [2.75, 3.05) is 0 Å². The van der Waals surface area contributed by atoms with Gasteiger partial charge in [-0.3, -0.25) is 0 Å². The number of rotatable bonds is 3. The van der Waals surface area contributed by atoms with E-state index in [-0.39, 0.29) is 5.75 Å². The molecule has 0 spiro atoms. The molecule has 1 N–H and O–H groups in total. The van der Waals surface area contributed by atoms with Crippen LogP contribution in [0.3, 0.4) is 0 Å². The molecule has 4 rings (SSSR count). The second-order valence-electron chi connectivity index (χ2n) is 7.08. The summed E-state index contributed by atoms with van der Waals surface area (Å²) in [6, 6.07) is 31.9. The molecule has 0 fully saturated rings. The number of hydrogen-bond acceptors (Lipinski definition) is 2. The molecule has 146 valence electrons. The first-order chi connectivity index (χ1) is 14.6. The third-order valence-corrected chi connectivity index (χ3v) is 8.00. The molecule has 0 radical (unpaired) electrons. The Balaban J connectivity index is 1.94. The molecule has 4 aromatic carbocycles. The average Bonchev–Trinajstić information content (AvgIpc) is 2.80. The summed E-state index contributed by atoms with van der Waals surface area (Å²) in [7, 11) is -3.28. The Morgan fingerprint density at radius 2 is 1.20 bits per heavy atom. The van der Waals surface area contributed by atoms with Crippen LogP contribution in [0.5, 0.6) is 5.75 Å². The van der Waals surface area contributed by atoms with E-state index in [1.165, 1.54) is 0 Å². The van der Waals surface area contributed by atoms with Crippen LogP contribution in [-0.2, 0) is 4.57 Å². The highest BCUT2D eigenvalue weighted by atomic mass is 31.2. The molecule has 0 saturated carbocycles. The first-order valence-corrected chi connectivity index (χ1v) is 11.4. The van der Waals surface area contributed by atoms with Gasteiger partial charge in [0.15, 0.2) is 7.14 Å². The Hall–Kier alpha value is -3.53. The molecule has 0 saturated heterocycles. The molecule has 0 aliphatic heterocycles. The van der Waals surface area contributed by atoms with Crippen LogP contribution in [0.15, 0.2) is 103 Å². The van der Waals surface area contributed by atoms with Crippen molar-refractivity contribution in [3.05, 3.63) is 120 Å². The SMILES string of the molecule is Cc1cc(C#Cc2ccccc2)c(O)c(P(=O)(c2ccccc2)c2ccccc2)c1. The fourth-order valence-electron chi connectivity index (χ4n) is 3.46. The Morgan fingerprint density at radius 1 is 0.700 bits per heavy atom. The molecule has 2 nitrogen and oxygen atoms in total. The van der Waals surface area contributed by atoms with E-state index in [9.17, 15) is 9.67 Å². The Bertz CT molecular complexity index is 1230. The second kappa shape index (κ2) is 8.46. The molecule has 30 heavy (non-hydrogen) atoms. The normalized spacial score (nSPS) is 10.8. The van der Waals surface area contributed by atoms with Gasteiger partial charge in [0.05, 0.1) is 10.9 Å². The van der Waals surface area contributed by atoms with Crippen LogP contribution in [-0.4, -0.2) is 5.11 Å². The monoisotopic (exact) mass is 408 g/mol. The number of aryl methyl sites for hydroxylation is 1. The first kappa shape index (κ1) is 19.8. The first-order valence-electron chi connectivity index (χ1n) is 9.71. The number of phenolic OH excluding ortho intramolecular Hbond substituents is 1. The molecular weight excluding hydrogens is 387 g/mol. The zero-order chi connectivity index (χ0) is 21.0. The highest BCUT2D eigenvalue weighted by molar-refractivity contribution is 7.85. The zero-order valence-electron chi connectivity index (χ0n) is 16.6. The molecule has 0 atom stereocenters. The number of aromatic hydroxyl groups is 1. The van der Waals surface area contributed by atoms with E-state index in [2.05, 4.69) is 11.8 Å². The lowest BCUT2D eigenvalue weighted by Gasteiger charge is -2.22. The van der Waals surface area contributed by atoms with E-state index in [1.807, 2.05) is 110 Å². The van der Waals surface area contributed by atoms with Gasteiger partial charge in [-0.15, -0.1) is 0 Å². The summed E-state index contributed by atoms with van der Waals surface area (Å²) in [6.45, 7) is 1.93. The van der Waals surface area contributed by atoms with Crippen molar-refractivity contribution in [1.82, 2.24) is 0 Å². The van der Waals surface area contributed by atoms with Crippen LogP contribution in [0.1, 0.15) is 16.7 Å². The van der Waals surface area contributed by atoms with Crippen LogP contribution < -0.4 is 15.9 Å². The van der Waals surface area contributed by atoms with Crippen LogP contribution in [0.4, 0.5) is 0 Å². The van der Waals surface area contributed by atoms with E-state index < -0.39 is 7.14 Å². The molecule has 0 aliphatic carbocycles. The van der Waals surface area contributed by atoms with E-state index in [0.29, 0.717) is 21.5 Å². The van der Waals surface area contributed by atoms with Gasteiger partial charge in [-0.25, -0.2) is 0 Å². The molecular formula is C27H21O2P. The quantitative estimate of drug-likeness (QED) is 0.393. The van der Waals surface area contributed by atoms with Gasteiger partial charge in [0.25, 0.3) is 0 Å². The molecule has 0 heterocycles. The lowest BCUT2D eigenvalue weighted by molar-refractivity contribution is 0.477. The number of benzene rings is 4. The summed E-state index contributed by atoms with van der Waals surface area (Å²) >= 11 is 0. The molecule has 4 aromatic rings. The van der Waals surface area contributed by atoms with E-state index >= 15 is 0 Å². The van der Waals surface area contributed by atoms with Crippen LogP contribution in [0.2, 0.25) is 0 Å². The Morgan fingerprint density at radius 3 is 1.73 bits per heavy atom. The predicted octanol–water partition coefficient (Wildman–Crippen LogP) is 4.74. The molecule has 0 bridgehead atoms. The summed E-state index contributed by atoms with van der Waals surface area (Å²) in [5, 5.41) is 12.9. The predicted molar refractivity (Wildman–Crippen MR) is 125 cm³/mol. The van der Waals surface area contributed by atoms with E-state index in [1.54, 1.807) is 0 Å². The minimum atomic E-state index is -3.28. The van der Waals surface area contributed by atoms with Crippen molar-refractivity contribution >= 4 is 23.1 Å². The average molecular weight is 408 g/mol. The third kappa shape index (κ3) is 3.81. The van der Waals surface area contributed by atoms with Gasteiger partial charge in [-0.05, 0) is 36.8 Å². The summed E-state index contributed by atoms with van der Waals surface area (Å²) in [6.07, 6.45) is 0. The molecule has 0 aromatic heterocycles. The van der Waals surface area contributed by atoms with E-state index in [4.69, 9.17) is 0 Å². The minimum absolute atomic E-state index is 0.0277. The lowest BCUT2D eigenvalue weighted by atomic mass is 10.1. The Kier molecular flexibility index (Phi) is 5.57. The zero-order valence-corrected chi connectivity index (χ0v) is 17.5. The number of hydrogen-bond donors (Lipinski definition) is 1. The topological polar surface area (TPSA) is 37.3 Å². The highest BCUT2D eigenvalue weighted by Crippen LogP contribution is 2.45. The maximum absolute atomic E-state index is 14.6. The third-order valence-electron chi connectivity index (χ3n) is 4.93. The molecule has 0 amide bonds. The van der Waals surface area contributed by atoms with E-state index in [0.717, 1.165) is 11.1 Å². The van der Waals surface area contributed by atoms with Gasteiger partial charge in [0.1, 0.15) is 5.75 Å². The van der Waals surface area contributed by atoms with Crippen LogP contribution >= 0.6 is 7.14 Å². The van der Waals surface area contributed by atoms with Crippen molar-refractivity contribution in [2.24, 2.45) is 0 Å². The van der Waals surface area contributed by atoms with Crippen LogP contribution in [0, 0.1) is 18.8 Å². The maximum Gasteiger partial charge on any atom is 0.174 e. The van der Waals surface area contributed by atoms with Crippen LogP contribution in [0.25, 0.3) is 0 Å². The summed E-state index contributed by atoms with van der Waals surface area (Å²) < 4.78 is 14.6. The van der Waals surface area contributed by atoms with Gasteiger partial charge in [-0.2, -0.15) is 0 Å². The fourth-order valence-corrected chi connectivity index (χ4v) is 6.30. The van der Waals surface area contributed by atoms with Gasteiger partial charge < -0.3 is 9.67 Å². The lowest BCUT2D eigenvalue weighted by Crippen LogP contribution is -2.25. The van der Waals surface area contributed by atoms with Gasteiger partial charge >= 0.3 is 0 Å². The van der Waals surface area contributed by atoms with Crippen molar-refractivity contribution in [2.45, 2.75) is 6.92 Å². The summed E-state index contributed by atoms with van der Waals surface area (Å²) in [5.74, 6) is 6.12. The van der Waals surface area contributed by atoms with Crippen molar-refractivity contribution in [1.29, 1.82) is 0 Å². The van der Waals surface area contributed by atoms with Gasteiger partial charge in [0, 0.05) is 16.2 Å². The summed E-state index contributed by atoms with van der Waals surface area (Å²) in [4.78, 5) is 0. The van der Waals surface area contributed by atoms with Gasteiger partial charge in [-0.1, -0.05) is 90.7 Å². The highest BCUT2D eigenvalue weighted by Gasteiger charge is 2.33. The second-order valence-corrected chi connectivity index (χ2v) is 9.81.